The summed E-state index contributed by atoms with van der Waals surface area (Å²) in [5.41, 5.74) is 0.335. The van der Waals surface area contributed by atoms with Crippen molar-refractivity contribution in [3.63, 3.8) is 0 Å². The second-order valence-electron chi connectivity index (χ2n) is 4.88. The third kappa shape index (κ3) is 3.90. The van der Waals surface area contributed by atoms with Gasteiger partial charge >= 0.3 is 0 Å². The van der Waals surface area contributed by atoms with E-state index in [4.69, 9.17) is 4.74 Å². The first-order chi connectivity index (χ1) is 9.72. The monoisotopic (exact) mass is 278 g/mol. The second kappa shape index (κ2) is 7.19. The van der Waals surface area contributed by atoms with Crippen LogP contribution in [0.15, 0.2) is 12.4 Å². The summed E-state index contributed by atoms with van der Waals surface area (Å²) in [6, 6.07) is 0.199. The Hall–Kier alpha value is -1.69. The lowest BCUT2D eigenvalue weighted by Crippen LogP contribution is -2.47. The number of piperidine rings is 1. The van der Waals surface area contributed by atoms with E-state index in [-0.39, 0.29) is 11.9 Å². The van der Waals surface area contributed by atoms with Crippen LogP contribution in [0, 0.1) is 0 Å². The molecule has 0 saturated carbocycles. The van der Waals surface area contributed by atoms with Crippen molar-refractivity contribution < 1.29 is 9.53 Å². The molecule has 20 heavy (non-hydrogen) atoms. The van der Waals surface area contributed by atoms with Crippen LogP contribution in [0.5, 0.6) is 5.88 Å². The molecule has 0 aliphatic carbocycles. The minimum atomic E-state index is -0.163. The van der Waals surface area contributed by atoms with E-state index in [1.54, 1.807) is 0 Å². The number of amides is 1. The molecule has 1 N–H and O–H groups in total. The van der Waals surface area contributed by atoms with E-state index in [0.717, 1.165) is 32.5 Å². The van der Waals surface area contributed by atoms with Gasteiger partial charge in [-0.15, -0.1) is 0 Å². The highest BCUT2D eigenvalue weighted by Crippen LogP contribution is 2.10. The van der Waals surface area contributed by atoms with E-state index in [1.165, 1.54) is 12.4 Å². The van der Waals surface area contributed by atoms with E-state index in [1.807, 2.05) is 6.92 Å². The molecular weight excluding hydrogens is 256 g/mol. The van der Waals surface area contributed by atoms with Gasteiger partial charge in [-0.05, 0) is 32.9 Å². The smallest absolute Gasteiger partial charge is 0.271 e. The molecule has 1 aromatic heterocycles. The minimum Gasteiger partial charge on any atom is -0.477 e. The van der Waals surface area contributed by atoms with Crippen LogP contribution >= 0.6 is 0 Å². The predicted octanol–water partition coefficient (Wildman–Crippen LogP) is 1.09. The fourth-order valence-corrected chi connectivity index (χ4v) is 2.38. The fourth-order valence-electron chi connectivity index (χ4n) is 2.38. The van der Waals surface area contributed by atoms with Crippen molar-refractivity contribution in [1.29, 1.82) is 0 Å². The molecule has 1 atom stereocenters. The van der Waals surface area contributed by atoms with E-state index >= 15 is 0 Å². The van der Waals surface area contributed by atoms with Crippen molar-refractivity contribution in [2.24, 2.45) is 0 Å². The van der Waals surface area contributed by atoms with Crippen LogP contribution < -0.4 is 10.1 Å². The third-order valence-corrected chi connectivity index (χ3v) is 3.44. The van der Waals surface area contributed by atoms with Gasteiger partial charge in [-0.3, -0.25) is 4.79 Å². The van der Waals surface area contributed by atoms with Gasteiger partial charge in [-0.1, -0.05) is 6.92 Å². The van der Waals surface area contributed by atoms with Gasteiger partial charge in [-0.25, -0.2) is 9.97 Å². The highest BCUT2D eigenvalue weighted by atomic mass is 16.5. The van der Waals surface area contributed by atoms with Gasteiger partial charge in [0.2, 0.25) is 5.88 Å². The molecule has 0 spiro atoms. The summed E-state index contributed by atoms with van der Waals surface area (Å²) in [5, 5.41) is 3.03. The molecule has 1 aromatic rings. The average Bonchev–Trinajstić information content (AvgIpc) is 2.48. The van der Waals surface area contributed by atoms with E-state index in [9.17, 15) is 4.79 Å². The Morgan fingerprint density at radius 1 is 1.45 bits per heavy atom. The Labute approximate surface area is 119 Å². The number of rotatable bonds is 5. The normalized spacial score (nSPS) is 19.6. The Balaban J connectivity index is 1.90. The maximum Gasteiger partial charge on any atom is 0.271 e. The molecule has 1 saturated heterocycles. The van der Waals surface area contributed by atoms with Gasteiger partial charge in [0.1, 0.15) is 5.69 Å². The van der Waals surface area contributed by atoms with Crippen LogP contribution in [0.1, 0.15) is 37.2 Å². The largest absolute Gasteiger partial charge is 0.477 e. The molecule has 1 amide bonds. The third-order valence-electron chi connectivity index (χ3n) is 3.44. The zero-order chi connectivity index (χ0) is 14.4. The molecule has 1 unspecified atom stereocenters. The van der Waals surface area contributed by atoms with Crippen LogP contribution in [-0.2, 0) is 0 Å². The standard InChI is InChI=1S/C14H22N4O2/c1-3-18-7-5-6-11(10-18)17-14(19)12-8-16-13(9-15-12)20-4-2/h8-9,11H,3-7,10H2,1-2H3,(H,17,19). The van der Waals surface area contributed by atoms with E-state index in [2.05, 4.69) is 27.1 Å². The summed E-state index contributed by atoms with van der Waals surface area (Å²) in [6.45, 7) is 7.61. The summed E-state index contributed by atoms with van der Waals surface area (Å²) in [7, 11) is 0. The zero-order valence-corrected chi connectivity index (χ0v) is 12.1. The molecule has 0 aromatic carbocycles. The number of ether oxygens (including phenoxy) is 1. The SMILES string of the molecule is CCOc1cnc(C(=O)NC2CCCN(CC)C2)cn1. The van der Waals surface area contributed by atoms with E-state index < -0.39 is 0 Å². The first-order valence-electron chi connectivity index (χ1n) is 7.21. The number of nitrogens with one attached hydrogen (secondary N) is 1. The Bertz CT molecular complexity index is 435. The van der Waals surface area contributed by atoms with Gasteiger partial charge in [0.15, 0.2) is 0 Å². The molecule has 6 nitrogen and oxygen atoms in total. The number of carbonyl (C=O) groups excluding carboxylic acids is 1. The van der Waals surface area contributed by atoms with Crippen molar-refractivity contribution in [1.82, 2.24) is 20.2 Å². The Morgan fingerprint density at radius 2 is 2.30 bits per heavy atom. The first-order valence-corrected chi connectivity index (χ1v) is 7.21. The molecule has 2 rings (SSSR count). The number of aromatic nitrogens is 2. The van der Waals surface area contributed by atoms with Crippen molar-refractivity contribution >= 4 is 5.91 Å². The van der Waals surface area contributed by atoms with Crippen molar-refractivity contribution in [3.05, 3.63) is 18.1 Å². The van der Waals surface area contributed by atoms with Gasteiger partial charge in [0, 0.05) is 12.6 Å². The predicted molar refractivity (Wildman–Crippen MR) is 75.8 cm³/mol. The Kier molecular flexibility index (Phi) is 5.29. The molecular formula is C14H22N4O2. The van der Waals surface area contributed by atoms with Crippen LogP contribution in [0.4, 0.5) is 0 Å². The summed E-state index contributed by atoms with van der Waals surface area (Å²) in [5.74, 6) is 0.280. The summed E-state index contributed by atoms with van der Waals surface area (Å²) in [6.07, 6.45) is 5.08. The molecule has 0 bridgehead atoms. The average molecular weight is 278 g/mol. The quantitative estimate of drug-likeness (QED) is 0.873. The molecule has 1 fully saturated rings. The fraction of sp³-hybridized carbons (Fsp3) is 0.643. The minimum absolute atomic E-state index is 0.163. The molecule has 6 heteroatoms. The lowest BCUT2D eigenvalue weighted by atomic mass is 10.1. The molecule has 1 aliphatic rings. The highest BCUT2D eigenvalue weighted by Gasteiger charge is 2.21. The molecule has 1 aliphatic heterocycles. The number of hydrogen-bond acceptors (Lipinski definition) is 5. The lowest BCUT2D eigenvalue weighted by Gasteiger charge is -2.32. The van der Waals surface area contributed by atoms with Crippen molar-refractivity contribution in [2.45, 2.75) is 32.7 Å². The molecule has 110 valence electrons. The topological polar surface area (TPSA) is 67.3 Å². The first kappa shape index (κ1) is 14.7. The molecule has 0 radical (unpaired) electrons. The number of nitrogens with zero attached hydrogens (tertiary/aromatic N) is 3. The summed E-state index contributed by atoms with van der Waals surface area (Å²) >= 11 is 0. The Morgan fingerprint density at radius 3 is 2.95 bits per heavy atom. The van der Waals surface area contributed by atoms with Gasteiger partial charge in [0.05, 0.1) is 19.0 Å². The number of hydrogen-bond donors (Lipinski definition) is 1. The van der Waals surface area contributed by atoms with Crippen LogP contribution in [0.3, 0.4) is 0 Å². The lowest BCUT2D eigenvalue weighted by molar-refractivity contribution is 0.0900. The highest BCUT2D eigenvalue weighted by molar-refractivity contribution is 5.92. The van der Waals surface area contributed by atoms with Gasteiger partial charge in [-0.2, -0.15) is 0 Å². The van der Waals surface area contributed by atoms with Crippen LogP contribution in [0.2, 0.25) is 0 Å². The van der Waals surface area contributed by atoms with E-state index in [0.29, 0.717) is 18.2 Å². The number of likely N-dealkylation sites (N-methyl/N-ethyl adjacent to an activating group) is 1. The second-order valence-corrected chi connectivity index (χ2v) is 4.88. The summed E-state index contributed by atoms with van der Waals surface area (Å²) in [4.78, 5) is 22.6. The maximum absolute atomic E-state index is 12.1. The number of likely N-dealkylation sites (tertiary alicyclic amines) is 1. The van der Waals surface area contributed by atoms with Gasteiger partial charge in [0.25, 0.3) is 5.91 Å². The van der Waals surface area contributed by atoms with Crippen LogP contribution in [0.25, 0.3) is 0 Å². The van der Waals surface area contributed by atoms with Gasteiger partial charge < -0.3 is 15.0 Å². The van der Waals surface area contributed by atoms with Crippen molar-refractivity contribution in [2.75, 3.05) is 26.2 Å². The van der Waals surface area contributed by atoms with Crippen molar-refractivity contribution in [3.8, 4) is 5.88 Å². The maximum atomic E-state index is 12.1. The van der Waals surface area contributed by atoms with Crippen LogP contribution in [-0.4, -0.2) is 53.1 Å². The zero-order valence-electron chi connectivity index (χ0n) is 12.1. The number of carbonyl (C=O) groups is 1. The molecule has 2 heterocycles. The summed E-state index contributed by atoms with van der Waals surface area (Å²) < 4.78 is 5.21.